The van der Waals surface area contributed by atoms with Crippen LogP contribution in [0.15, 0.2) is 6.33 Å². The lowest BCUT2D eigenvalue weighted by Crippen LogP contribution is -2.44. The first-order chi connectivity index (χ1) is 9.02. The van der Waals surface area contributed by atoms with Gasteiger partial charge in [-0.2, -0.15) is 0 Å². The fourth-order valence-corrected chi connectivity index (χ4v) is 3.31. The van der Waals surface area contributed by atoms with Crippen LogP contribution in [-0.4, -0.2) is 20.8 Å². The Bertz CT molecular complexity index is 391. The molecule has 0 saturated heterocycles. The number of rotatable bonds is 4. The van der Waals surface area contributed by atoms with Gasteiger partial charge in [0, 0.05) is 12.6 Å². The number of hydrogen-bond acceptors (Lipinski definition) is 3. The molecule has 4 heteroatoms. The van der Waals surface area contributed by atoms with Crippen LogP contribution in [-0.2, 0) is 13.1 Å². The predicted octanol–water partition coefficient (Wildman–Crippen LogP) is 2.99. The van der Waals surface area contributed by atoms with Gasteiger partial charge in [-0.25, -0.2) is 0 Å². The van der Waals surface area contributed by atoms with Gasteiger partial charge in [0.1, 0.15) is 12.2 Å². The molecule has 2 atom stereocenters. The van der Waals surface area contributed by atoms with E-state index in [0.29, 0.717) is 11.5 Å². The van der Waals surface area contributed by atoms with Crippen molar-refractivity contribution in [2.75, 3.05) is 0 Å². The minimum Gasteiger partial charge on any atom is -0.317 e. The van der Waals surface area contributed by atoms with E-state index in [4.69, 9.17) is 0 Å². The first kappa shape index (κ1) is 14.5. The van der Waals surface area contributed by atoms with Crippen molar-refractivity contribution >= 4 is 0 Å². The highest BCUT2D eigenvalue weighted by Gasteiger charge is 2.33. The van der Waals surface area contributed by atoms with Crippen molar-refractivity contribution in [3.63, 3.8) is 0 Å². The van der Waals surface area contributed by atoms with E-state index < -0.39 is 0 Å². The molecular weight excluding hydrogens is 236 g/mol. The fraction of sp³-hybridized carbons (Fsp3) is 0.867. The summed E-state index contributed by atoms with van der Waals surface area (Å²) in [6, 6.07) is 0.621. The molecule has 0 bridgehead atoms. The van der Waals surface area contributed by atoms with E-state index in [1.807, 2.05) is 6.33 Å². The summed E-state index contributed by atoms with van der Waals surface area (Å²) in [6.07, 6.45) is 7.19. The van der Waals surface area contributed by atoms with Crippen LogP contribution in [0.4, 0.5) is 0 Å². The zero-order valence-corrected chi connectivity index (χ0v) is 12.8. The van der Waals surface area contributed by atoms with E-state index >= 15 is 0 Å². The van der Waals surface area contributed by atoms with Gasteiger partial charge in [-0.1, -0.05) is 33.6 Å². The molecule has 1 aromatic rings. The normalized spacial score (nSPS) is 24.6. The van der Waals surface area contributed by atoms with Crippen LogP contribution in [0.2, 0.25) is 0 Å². The molecule has 0 aromatic carbocycles. The van der Waals surface area contributed by atoms with Crippen LogP contribution in [0.3, 0.4) is 0 Å². The minimum absolute atomic E-state index is 0.385. The molecule has 1 saturated carbocycles. The maximum absolute atomic E-state index is 4.21. The third-order valence-electron chi connectivity index (χ3n) is 4.44. The van der Waals surface area contributed by atoms with E-state index in [1.165, 1.54) is 25.7 Å². The molecule has 1 heterocycles. The van der Waals surface area contributed by atoms with Gasteiger partial charge in [-0.15, -0.1) is 10.2 Å². The molecule has 1 aliphatic rings. The highest BCUT2D eigenvalue weighted by Crippen LogP contribution is 2.38. The topological polar surface area (TPSA) is 42.7 Å². The van der Waals surface area contributed by atoms with Crippen LogP contribution in [0.1, 0.15) is 59.2 Å². The third kappa shape index (κ3) is 3.56. The average molecular weight is 264 g/mol. The molecule has 0 amide bonds. The number of hydrogen-bond donors (Lipinski definition) is 1. The predicted molar refractivity (Wildman–Crippen MR) is 77.7 cm³/mol. The molecule has 0 spiro atoms. The van der Waals surface area contributed by atoms with Crippen LogP contribution in [0.25, 0.3) is 0 Å². The monoisotopic (exact) mass is 264 g/mol. The molecule has 1 N–H and O–H groups in total. The maximum atomic E-state index is 4.21. The summed E-state index contributed by atoms with van der Waals surface area (Å²) in [7, 11) is 0. The number of nitrogens with one attached hydrogen (secondary N) is 1. The van der Waals surface area contributed by atoms with Gasteiger partial charge >= 0.3 is 0 Å². The molecule has 108 valence electrons. The summed E-state index contributed by atoms with van der Waals surface area (Å²) in [5.74, 6) is 1.82. The molecule has 2 unspecified atom stereocenters. The van der Waals surface area contributed by atoms with Crippen molar-refractivity contribution in [2.45, 2.75) is 72.5 Å². The van der Waals surface area contributed by atoms with Crippen molar-refractivity contribution in [1.82, 2.24) is 20.1 Å². The lowest BCUT2D eigenvalue weighted by atomic mass is 9.69. The van der Waals surface area contributed by atoms with Gasteiger partial charge in [0.25, 0.3) is 0 Å². The summed E-state index contributed by atoms with van der Waals surface area (Å²) in [4.78, 5) is 0. The highest BCUT2D eigenvalue weighted by molar-refractivity contribution is 4.91. The van der Waals surface area contributed by atoms with Crippen molar-refractivity contribution < 1.29 is 0 Å². The van der Waals surface area contributed by atoms with Crippen molar-refractivity contribution in [1.29, 1.82) is 0 Å². The summed E-state index contributed by atoms with van der Waals surface area (Å²) in [5.41, 5.74) is 0.385. The summed E-state index contributed by atoms with van der Waals surface area (Å²) < 4.78 is 2.11. The van der Waals surface area contributed by atoms with E-state index in [1.54, 1.807) is 0 Å². The standard InChI is InChI=1S/C15H28N4/c1-5-19-11-17-18-14(19)10-16-13-9-7-6-8-12(13)15(2,3)4/h11-13,16H,5-10H2,1-4H3. The largest absolute Gasteiger partial charge is 0.317 e. The van der Waals surface area contributed by atoms with Gasteiger partial charge in [0.05, 0.1) is 6.54 Å². The molecule has 1 fully saturated rings. The Labute approximate surface area is 117 Å². The van der Waals surface area contributed by atoms with Crippen molar-refractivity contribution in [3.05, 3.63) is 12.2 Å². The molecule has 4 nitrogen and oxygen atoms in total. The molecule has 1 aromatic heterocycles. The van der Waals surface area contributed by atoms with Crippen LogP contribution in [0, 0.1) is 11.3 Å². The first-order valence-corrected chi connectivity index (χ1v) is 7.62. The number of aryl methyl sites for hydroxylation is 1. The van der Waals surface area contributed by atoms with E-state index in [-0.39, 0.29) is 0 Å². The first-order valence-electron chi connectivity index (χ1n) is 7.62. The van der Waals surface area contributed by atoms with Gasteiger partial charge in [0.15, 0.2) is 0 Å². The lowest BCUT2D eigenvalue weighted by Gasteiger charge is -2.41. The Morgan fingerprint density at radius 3 is 2.74 bits per heavy atom. The van der Waals surface area contributed by atoms with E-state index in [9.17, 15) is 0 Å². The average Bonchev–Trinajstić information content (AvgIpc) is 2.83. The van der Waals surface area contributed by atoms with E-state index in [0.717, 1.165) is 24.8 Å². The second kappa shape index (κ2) is 6.04. The molecule has 19 heavy (non-hydrogen) atoms. The van der Waals surface area contributed by atoms with Gasteiger partial charge in [-0.05, 0) is 31.1 Å². The van der Waals surface area contributed by atoms with Crippen molar-refractivity contribution in [2.24, 2.45) is 11.3 Å². The smallest absolute Gasteiger partial charge is 0.146 e. The summed E-state index contributed by atoms with van der Waals surface area (Å²) in [6.45, 7) is 11.0. The Morgan fingerprint density at radius 1 is 1.32 bits per heavy atom. The van der Waals surface area contributed by atoms with E-state index in [2.05, 4.69) is 47.8 Å². The molecule has 1 aliphatic carbocycles. The third-order valence-corrected chi connectivity index (χ3v) is 4.44. The second-order valence-electron chi connectivity index (χ2n) is 6.78. The number of nitrogens with zero attached hydrogens (tertiary/aromatic N) is 3. The Morgan fingerprint density at radius 2 is 2.05 bits per heavy atom. The molecule has 2 rings (SSSR count). The molecular formula is C15H28N4. The van der Waals surface area contributed by atoms with Gasteiger partial charge in [0.2, 0.25) is 0 Å². The highest BCUT2D eigenvalue weighted by atomic mass is 15.3. The number of aromatic nitrogens is 3. The van der Waals surface area contributed by atoms with Crippen LogP contribution >= 0.6 is 0 Å². The summed E-state index contributed by atoms with van der Waals surface area (Å²) >= 11 is 0. The van der Waals surface area contributed by atoms with Crippen LogP contribution < -0.4 is 5.32 Å². The zero-order chi connectivity index (χ0) is 13.9. The molecule has 0 radical (unpaired) electrons. The minimum atomic E-state index is 0.385. The van der Waals surface area contributed by atoms with Gasteiger partial charge < -0.3 is 9.88 Å². The second-order valence-corrected chi connectivity index (χ2v) is 6.78. The Balaban J connectivity index is 1.97. The fourth-order valence-electron chi connectivity index (χ4n) is 3.31. The zero-order valence-electron chi connectivity index (χ0n) is 12.8. The van der Waals surface area contributed by atoms with Gasteiger partial charge in [-0.3, -0.25) is 0 Å². The Kier molecular flexibility index (Phi) is 4.61. The molecule has 0 aliphatic heterocycles. The summed E-state index contributed by atoms with van der Waals surface area (Å²) in [5, 5.41) is 11.9. The lowest BCUT2D eigenvalue weighted by molar-refractivity contribution is 0.129. The Hall–Kier alpha value is -0.900. The van der Waals surface area contributed by atoms with Crippen molar-refractivity contribution in [3.8, 4) is 0 Å². The maximum Gasteiger partial charge on any atom is 0.146 e. The SMILES string of the molecule is CCn1cnnc1CNC1CCCCC1C(C)(C)C. The van der Waals surface area contributed by atoms with Crippen LogP contribution in [0.5, 0.6) is 0 Å². The quantitative estimate of drug-likeness (QED) is 0.909.